The SMILES string of the molecule is CN=C(c1ccccc1)c1ccccc1.COC. The quantitative estimate of drug-likeness (QED) is 0.738. The van der Waals surface area contributed by atoms with E-state index in [0.717, 1.165) is 16.8 Å². The number of benzene rings is 2. The first-order valence-electron chi connectivity index (χ1n) is 5.81. The van der Waals surface area contributed by atoms with Crippen LogP contribution in [0.5, 0.6) is 0 Å². The highest BCUT2D eigenvalue weighted by Gasteiger charge is 2.03. The fraction of sp³-hybridized carbons (Fsp3) is 0.188. The molecule has 0 aliphatic heterocycles. The number of hydrogen-bond donors (Lipinski definition) is 0. The van der Waals surface area contributed by atoms with Crippen molar-refractivity contribution < 1.29 is 4.74 Å². The van der Waals surface area contributed by atoms with Gasteiger partial charge in [0.25, 0.3) is 0 Å². The van der Waals surface area contributed by atoms with Crippen LogP contribution in [0.2, 0.25) is 0 Å². The molecule has 0 fully saturated rings. The predicted molar refractivity (Wildman–Crippen MR) is 77.4 cm³/mol. The second kappa shape index (κ2) is 8.20. The maximum absolute atomic E-state index is 4.35. The topological polar surface area (TPSA) is 21.6 Å². The van der Waals surface area contributed by atoms with E-state index in [9.17, 15) is 0 Å². The van der Waals surface area contributed by atoms with E-state index in [-0.39, 0.29) is 0 Å². The zero-order valence-corrected chi connectivity index (χ0v) is 11.1. The molecule has 0 spiro atoms. The molecule has 0 saturated carbocycles. The average molecular weight is 241 g/mol. The molecular weight excluding hydrogens is 222 g/mol. The molecule has 2 heteroatoms. The smallest absolute Gasteiger partial charge is 0.0715 e. The third kappa shape index (κ3) is 4.15. The van der Waals surface area contributed by atoms with E-state index < -0.39 is 0 Å². The first-order chi connectivity index (χ1) is 8.83. The van der Waals surface area contributed by atoms with Gasteiger partial charge in [-0.2, -0.15) is 0 Å². The summed E-state index contributed by atoms with van der Waals surface area (Å²) in [5.41, 5.74) is 3.36. The summed E-state index contributed by atoms with van der Waals surface area (Å²) in [6.45, 7) is 0. The van der Waals surface area contributed by atoms with Crippen LogP contribution in [0.1, 0.15) is 11.1 Å². The van der Waals surface area contributed by atoms with Crippen LogP contribution < -0.4 is 0 Å². The van der Waals surface area contributed by atoms with Crippen LogP contribution >= 0.6 is 0 Å². The Kier molecular flexibility index (Phi) is 6.44. The largest absolute Gasteiger partial charge is 0.388 e. The summed E-state index contributed by atoms with van der Waals surface area (Å²) in [5.74, 6) is 0. The van der Waals surface area contributed by atoms with Gasteiger partial charge in [-0.15, -0.1) is 0 Å². The fourth-order valence-corrected chi connectivity index (χ4v) is 1.62. The van der Waals surface area contributed by atoms with Gasteiger partial charge in [0, 0.05) is 32.4 Å². The summed E-state index contributed by atoms with van der Waals surface area (Å²) in [5, 5.41) is 0. The predicted octanol–water partition coefficient (Wildman–Crippen LogP) is 3.42. The van der Waals surface area contributed by atoms with Crippen LogP contribution in [0.15, 0.2) is 65.7 Å². The first-order valence-corrected chi connectivity index (χ1v) is 5.81. The van der Waals surface area contributed by atoms with Crippen molar-refractivity contribution in [1.82, 2.24) is 0 Å². The van der Waals surface area contributed by atoms with Crippen molar-refractivity contribution in [3.05, 3.63) is 71.8 Å². The van der Waals surface area contributed by atoms with Gasteiger partial charge in [-0.1, -0.05) is 60.7 Å². The molecular formula is C16H19NO. The molecule has 2 aromatic rings. The van der Waals surface area contributed by atoms with Crippen LogP contribution in [-0.4, -0.2) is 27.0 Å². The van der Waals surface area contributed by atoms with Crippen LogP contribution in [0, 0.1) is 0 Å². The fourth-order valence-electron chi connectivity index (χ4n) is 1.62. The molecule has 0 unspecified atom stereocenters. The van der Waals surface area contributed by atoms with E-state index in [2.05, 4.69) is 34.0 Å². The highest BCUT2D eigenvalue weighted by Crippen LogP contribution is 2.09. The Balaban J connectivity index is 0.000000492. The van der Waals surface area contributed by atoms with E-state index >= 15 is 0 Å². The lowest BCUT2D eigenvalue weighted by atomic mass is 10.0. The number of ether oxygens (including phenoxy) is 1. The minimum Gasteiger partial charge on any atom is -0.388 e. The van der Waals surface area contributed by atoms with E-state index in [0.29, 0.717) is 0 Å². The number of rotatable bonds is 2. The van der Waals surface area contributed by atoms with Gasteiger partial charge in [0.2, 0.25) is 0 Å². The van der Waals surface area contributed by atoms with E-state index in [4.69, 9.17) is 0 Å². The molecule has 0 amide bonds. The molecule has 0 aromatic heterocycles. The molecule has 0 bridgehead atoms. The third-order valence-corrected chi connectivity index (χ3v) is 2.32. The summed E-state index contributed by atoms with van der Waals surface area (Å²) in [6, 6.07) is 20.5. The Morgan fingerprint density at radius 3 is 1.39 bits per heavy atom. The molecule has 0 heterocycles. The Hall–Kier alpha value is -1.93. The maximum atomic E-state index is 4.35. The monoisotopic (exact) mass is 241 g/mol. The van der Waals surface area contributed by atoms with Gasteiger partial charge in [0.1, 0.15) is 0 Å². The molecule has 2 rings (SSSR count). The van der Waals surface area contributed by atoms with Gasteiger partial charge in [-0.3, -0.25) is 4.99 Å². The Morgan fingerprint density at radius 1 is 0.778 bits per heavy atom. The standard InChI is InChI=1S/C14H13N.C2H6O/c1-15-14(12-8-4-2-5-9-12)13-10-6-3-7-11-13;1-3-2/h2-11H,1H3;1-2H3. The number of methoxy groups -OCH3 is 1. The molecule has 2 aromatic carbocycles. The highest BCUT2D eigenvalue weighted by atomic mass is 16.4. The second-order valence-corrected chi connectivity index (χ2v) is 3.71. The Bertz CT molecular complexity index is 421. The maximum Gasteiger partial charge on any atom is 0.0715 e. The van der Waals surface area contributed by atoms with Gasteiger partial charge >= 0.3 is 0 Å². The van der Waals surface area contributed by atoms with Crippen LogP contribution in [0.25, 0.3) is 0 Å². The number of nitrogens with zero attached hydrogens (tertiary/aromatic N) is 1. The molecule has 2 nitrogen and oxygen atoms in total. The third-order valence-electron chi connectivity index (χ3n) is 2.32. The van der Waals surface area contributed by atoms with E-state index in [1.165, 1.54) is 0 Å². The van der Waals surface area contributed by atoms with Crippen molar-refractivity contribution >= 4 is 5.71 Å². The van der Waals surface area contributed by atoms with Crippen molar-refractivity contribution in [3.63, 3.8) is 0 Å². The molecule has 94 valence electrons. The Labute approximate surface area is 109 Å². The molecule has 0 aliphatic rings. The lowest BCUT2D eigenvalue weighted by Crippen LogP contribution is -2.02. The van der Waals surface area contributed by atoms with E-state index in [1.807, 2.05) is 43.4 Å². The lowest BCUT2D eigenvalue weighted by molar-refractivity contribution is 0.277. The number of hydrogen-bond acceptors (Lipinski definition) is 2. The molecule has 0 saturated heterocycles. The molecule has 0 aliphatic carbocycles. The van der Waals surface area contributed by atoms with Gasteiger partial charge in [0.15, 0.2) is 0 Å². The van der Waals surface area contributed by atoms with Gasteiger partial charge < -0.3 is 4.74 Å². The lowest BCUT2D eigenvalue weighted by Gasteiger charge is -2.05. The van der Waals surface area contributed by atoms with Crippen molar-refractivity contribution in [2.45, 2.75) is 0 Å². The summed E-state index contributed by atoms with van der Waals surface area (Å²) >= 11 is 0. The van der Waals surface area contributed by atoms with Crippen LogP contribution in [0.4, 0.5) is 0 Å². The van der Waals surface area contributed by atoms with Crippen molar-refractivity contribution in [1.29, 1.82) is 0 Å². The minimum atomic E-state index is 1.04. The summed E-state index contributed by atoms with van der Waals surface area (Å²) in [6.07, 6.45) is 0. The summed E-state index contributed by atoms with van der Waals surface area (Å²) in [4.78, 5) is 4.35. The van der Waals surface area contributed by atoms with Crippen molar-refractivity contribution in [2.24, 2.45) is 4.99 Å². The molecule has 0 atom stereocenters. The zero-order chi connectivity index (χ0) is 13.2. The average Bonchev–Trinajstić information content (AvgIpc) is 2.43. The van der Waals surface area contributed by atoms with Gasteiger partial charge in [0.05, 0.1) is 5.71 Å². The van der Waals surface area contributed by atoms with Crippen LogP contribution in [-0.2, 0) is 4.74 Å². The minimum absolute atomic E-state index is 1.04. The Morgan fingerprint density at radius 2 is 1.11 bits per heavy atom. The van der Waals surface area contributed by atoms with Crippen molar-refractivity contribution in [2.75, 3.05) is 21.3 Å². The first kappa shape index (κ1) is 14.1. The molecule has 18 heavy (non-hydrogen) atoms. The summed E-state index contributed by atoms with van der Waals surface area (Å²) in [7, 11) is 5.08. The van der Waals surface area contributed by atoms with Gasteiger partial charge in [-0.25, -0.2) is 0 Å². The summed E-state index contributed by atoms with van der Waals surface area (Å²) < 4.78 is 4.25. The highest BCUT2D eigenvalue weighted by molar-refractivity contribution is 6.12. The second-order valence-electron chi connectivity index (χ2n) is 3.71. The van der Waals surface area contributed by atoms with Gasteiger partial charge in [-0.05, 0) is 0 Å². The van der Waals surface area contributed by atoms with Crippen LogP contribution in [0.3, 0.4) is 0 Å². The zero-order valence-electron chi connectivity index (χ0n) is 11.1. The normalized spacial score (nSPS) is 9.06. The van der Waals surface area contributed by atoms with Crippen molar-refractivity contribution in [3.8, 4) is 0 Å². The number of aliphatic imine (C=N–C) groups is 1. The molecule has 0 N–H and O–H groups in total. The van der Waals surface area contributed by atoms with E-state index in [1.54, 1.807) is 14.2 Å². The molecule has 0 radical (unpaired) electrons.